The molecule has 0 aliphatic rings. The van der Waals surface area contributed by atoms with Crippen LogP contribution in [0.3, 0.4) is 0 Å². The van der Waals surface area contributed by atoms with Crippen molar-refractivity contribution < 1.29 is 33.9 Å². The van der Waals surface area contributed by atoms with E-state index in [2.05, 4.69) is 49.4 Å². The molecule has 0 bridgehead atoms. The molecule has 0 aliphatic carbocycles. The molecule has 10 nitrogen and oxygen atoms in total. The fraction of sp³-hybridized carbons (Fsp3) is 0.893. The van der Waals surface area contributed by atoms with Gasteiger partial charge in [-0.1, -0.05) is 226 Å². The van der Waals surface area contributed by atoms with Crippen molar-refractivity contribution in [2.45, 2.75) is 297 Å². The summed E-state index contributed by atoms with van der Waals surface area (Å²) in [5.74, 6) is -3.20. The highest BCUT2D eigenvalue weighted by Gasteiger charge is 2.32. The Kier molecular flexibility index (Phi) is 45.5. The number of nitrogens with one attached hydrogen (secondary N) is 3. The number of hydrogen-bond acceptors (Lipinski definition) is 7. The van der Waals surface area contributed by atoms with Crippen LogP contribution in [0, 0.1) is 11.8 Å². The topological polar surface area (TPSA) is 159 Å². The smallest absolute Gasteiger partial charge is 0.322 e. The van der Waals surface area contributed by atoms with Gasteiger partial charge in [0.2, 0.25) is 17.7 Å². The molecule has 0 radical (unpaired) electrons. The molecule has 2 unspecified atom stereocenters. The maximum atomic E-state index is 14.3. The first-order valence-electron chi connectivity index (χ1n) is 28.3. The Hall–Kier alpha value is -2.43. The van der Waals surface area contributed by atoms with Gasteiger partial charge in [0, 0.05) is 36.9 Å². The van der Waals surface area contributed by atoms with E-state index in [1.807, 2.05) is 0 Å². The second kappa shape index (κ2) is 47.3. The first-order valence-corrected chi connectivity index (χ1v) is 28.9. The average Bonchev–Trinajstić information content (AvgIpc) is 3.31. The number of carbonyl (C=O) groups is 6. The largest absolute Gasteiger partial charge is 0.480 e. The number of carbonyl (C=O) groups excluding carboxylic acids is 5. The zero-order valence-electron chi connectivity index (χ0n) is 43.9. The predicted octanol–water partition coefficient (Wildman–Crippen LogP) is 14.1. The van der Waals surface area contributed by atoms with Gasteiger partial charge in [-0.3, -0.25) is 28.8 Å². The van der Waals surface area contributed by atoms with Crippen LogP contribution in [0.2, 0.25) is 0 Å². The molecule has 0 spiro atoms. The van der Waals surface area contributed by atoms with Crippen LogP contribution in [0.25, 0.3) is 0 Å². The molecular formula is C56H105N3O7S. The molecular weight excluding hydrogens is 859 g/mol. The number of ketones is 2. The van der Waals surface area contributed by atoms with Crippen LogP contribution in [0.4, 0.5) is 0 Å². The summed E-state index contributed by atoms with van der Waals surface area (Å²) in [4.78, 5) is 77.8. The highest BCUT2D eigenvalue weighted by molar-refractivity contribution is 7.80. The first-order chi connectivity index (χ1) is 32.5. The van der Waals surface area contributed by atoms with Gasteiger partial charge in [-0.05, 0) is 39.0 Å². The molecule has 0 saturated heterocycles. The second-order valence-corrected chi connectivity index (χ2v) is 20.3. The maximum Gasteiger partial charge on any atom is 0.322 e. The molecule has 67 heavy (non-hydrogen) atoms. The lowest BCUT2D eigenvalue weighted by Crippen LogP contribution is -2.53. The average molecular weight is 965 g/mol. The number of hydrogen-bond donors (Lipinski definition) is 5. The maximum absolute atomic E-state index is 14.3. The SMILES string of the molecule is CCCCCCCCCCCCCCCC(=O)C(CCCCCCCCCC)C(CCCC(=O)N[C@@H](CS)C(=O)N[C@@H](C)C(=O)NCC(=O)O)C(=O)CCCCCCCCCCCCCCC. The van der Waals surface area contributed by atoms with Gasteiger partial charge in [0.15, 0.2) is 0 Å². The van der Waals surface area contributed by atoms with Crippen molar-refractivity contribution in [3.05, 3.63) is 0 Å². The van der Waals surface area contributed by atoms with E-state index >= 15 is 0 Å². The number of unbranched alkanes of at least 4 members (excludes halogenated alkanes) is 31. The molecule has 0 saturated carbocycles. The minimum Gasteiger partial charge on any atom is -0.480 e. The van der Waals surface area contributed by atoms with Crippen LogP contribution >= 0.6 is 12.6 Å². The molecule has 3 amide bonds. The third-order valence-electron chi connectivity index (χ3n) is 13.7. The first kappa shape index (κ1) is 64.6. The lowest BCUT2D eigenvalue weighted by atomic mass is 9.76. The van der Waals surface area contributed by atoms with E-state index in [-0.39, 0.29) is 35.6 Å². The summed E-state index contributed by atoms with van der Waals surface area (Å²) >= 11 is 4.27. The van der Waals surface area contributed by atoms with Crippen LogP contribution < -0.4 is 16.0 Å². The lowest BCUT2D eigenvalue weighted by Gasteiger charge is -2.26. The van der Waals surface area contributed by atoms with E-state index in [1.54, 1.807) is 0 Å². The van der Waals surface area contributed by atoms with E-state index < -0.39 is 42.3 Å². The van der Waals surface area contributed by atoms with Crippen molar-refractivity contribution in [2.24, 2.45) is 11.8 Å². The summed E-state index contributed by atoms with van der Waals surface area (Å²) in [6.07, 6.45) is 44.3. The third-order valence-corrected chi connectivity index (χ3v) is 14.0. The Morgan fingerprint density at radius 3 is 1.09 bits per heavy atom. The number of aliphatic carboxylic acids is 1. The molecule has 0 aromatic carbocycles. The van der Waals surface area contributed by atoms with E-state index in [1.165, 1.54) is 167 Å². The molecule has 0 rings (SSSR count). The molecule has 0 aromatic rings. The van der Waals surface area contributed by atoms with E-state index in [4.69, 9.17) is 5.11 Å². The fourth-order valence-corrected chi connectivity index (χ4v) is 9.57. The molecule has 4 atom stereocenters. The molecule has 0 fully saturated rings. The van der Waals surface area contributed by atoms with E-state index in [0.717, 1.165) is 57.8 Å². The normalized spacial score (nSPS) is 13.1. The van der Waals surface area contributed by atoms with Gasteiger partial charge in [-0.15, -0.1) is 0 Å². The molecule has 4 N–H and O–H groups in total. The quantitative estimate of drug-likeness (QED) is 0.0300. The second-order valence-electron chi connectivity index (χ2n) is 19.9. The number of Topliss-reactive ketones (excluding diaryl/α,β-unsaturated/α-hetero) is 2. The number of rotatable bonds is 51. The summed E-state index contributed by atoms with van der Waals surface area (Å²) in [5.41, 5.74) is 0. The van der Waals surface area contributed by atoms with Gasteiger partial charge in [0.05, 0.1) is 0 Å². The minimum absolute atomic E-state index is 0.00432. The van der Waals surface area contributed by atoms with E-state index in [9.17, 15) is 28.8 Å². The summed E-state index contributed by atoms with van der Waals surface area (Å²) in [6.45, 7) is 7.62. The molecule has 0 heterocycles. The Morgan fingerprint density at radius 1 is 0.418 bits per heavy atom. The van der Waals surface area contributed by atoms with Crippen molar-refractivity contribution in [1.82, 2.24) is 16.0 Å². The van der Waals surface area contributed by atoms with Crippen LogP contribution in [0.1, 0.15) is 285 Å². The van der Waals surface area contributed by atoms with Crippen LogP contribution in [0.15, 0.2) is 0 Å². The summed E-state index contributed by atoms with van der Waals surface area (Å²) in [5, 5.41) is 16.3. The van der Waals surface area contributed by atoms with Gasteiger partial charge in [-0.2, -0.15) is 12.6 Å². The number of amides is 3. The number of carboxylic acids is 1. The lowest BCUT2D eigenvalue weighted by molar-refractivity contribution is -0.138. The Morgan fingerprint density at radius 2 is 0.746 bits per heavy atom. The van der Waals surface area contributed by atoms with Crippen LogP contribution in [-0.2, 0) is 28.8 Å². The highest BCUT2D eigenvalue weighted by Crippen LogP contribution is 2.30. The van der Waals surface area contributed by atoms with Crippen LogP contribution in [-0.4, -0.2) is 64.7 Å². The fourth-order valence-electron chi connectivity index (χ4n) is 9.31. The molecule has 0 aliphatic heterocycles. The zero-order chi connectivity index (χ0) is 49.6. The standard InChI is InChI=1S/C56H105N3O7S/c1-5-8-11-14-17-20-22-24-26-28-31-34-37-42-51(60)48(40-36-33-30-19-16-13-10-7-3)49(52(61)43-38-35-32-29-27-25-23-21-18-15-12-9-6-2)41-39-44-53(62)59-50(46-67)56(66)58-47(4)55(65)57-45-54(63)64/h47-50,67H,5-46H2,1-4H3,(H,57,65)(H,58,66)(H,59,62)(H,63,64)/t47-,48?,49?,50-/m0/s1. The Balaban J connectivity index is 5.59. The predicted molar refractivity (Wildman–Crippen MR) is 283 cm³/mol. The van der Waals surface area contributed by atoms with Gasteiger partial charge < -0.3 is 21.1 Å². The monoisotopic (exact) mass is 964 g/mol. The van der Waals surface area contributed by atoms with Gasteiger partial charge in [-0.25, -0.2) is 0 Å². The van der Waals surface area contributed by atoms with Crippen molar-refractivity contribution in [2.75, 3.05) is 12.3 Å². The van der Waals surface area contributed by atoms with Gasteiger partial charge >= 0.3 is 5.97 Å². The number of carboxylic acid groups (broad SMARTS) is 1. The molecule has 11 heteroatoms. The van der Waals surface area contributed by atoms with Gasteiger partial charge in [0.25, 0.3) is 0 Å². The molecule has 392 valence electrons. The van der Waals surface area contributed by atoms with Crippen molar-refractivity contribution in [3.8, 4) is 0 Å². The summed E-state index contributed by atoms with van der Waals surface area (Å²) < 4.78 is 0. The Bertz CT molecular complexity index is 1250. The Labute approximate surface area is 416 Å². The summed E-state index contributed by atoms with van der Waals surface area (Å²) in [6, 6.07) is -2.02. The third kappa shape index (κ3) is 39.0. The van der Waals surface area contributed by atoms with Crippen molar-refractivity contribution in [3.63, 3.8) is 0 Å². The van der Waals surface area contributed by atoms with E-state index in [0.29, 0.717) is 32.1 Å². The van der Waals surface area contributed by atoms with Gasteiger partial charge in [0.1, 0.15) is 30.2 Å². The zero-order valence-corrected chi connectivity index (χ0v) is 44.7. The van der Waals surface area contributed by atoms with Crippen molar-refractivity contribution in [1.29, 1.82) is 0 Å². The van der Waals surface area contributed by atoms with Crippen molar-refractivity contribution >= 4 is 47.9 Å². The highest BCUT2D eigenvalue weighted by atomic mass is 32.1. The minimum atomic E-state index is -1.20. The van der Waals surface area contributed by atoms with Crippen LogP contribution in [0.5, 0.6) is 0 Å². The number of thiol groups is 1. The summed E-state index contributed by atoms with van der Waals surface area (Å²) in [7, 11) is 0. The molecule has 0 aromatic heterocycles.